The number of nitrogens with two attached hydrogens (primary N) is 1. The first kappa shape index (κ1) is 10.3. The van der Waals surface area contributed by atoms with Gasteiger partial charge in [0.25, 0.3) is 0 Å². The second-order valence-electron chi connectivity index (χ2n) is 3.52. The molecule has 1 aliphatic rings. The van der Waals surface area contributed by atoms with Crippen LogP contribution in [0.25, 0.3) is 0 Å². The Morgan fingerprint density at radius 3 is 2.69 bits per heavy atom. The summed E-state index contributed by atoms with van der Waals surface area (Å²) in [6.45, 7) is 6.97. The maximum Gasteiger partial charge on any atom is 0.314 e. The van der Waals surface area contributed by atoms with Crippen LogP contribution in [0.2, 0.25) is 0 Å². The highest BCUT2D eigenvalue weighted by Gasteiger charge is 2.15. The maximum absolute atomic E-state index is 10.9. The number of rotatable bonds is 2. The quantitative estimate of drug-likeness (QED) is 0.680. The largest absolute Gasteiger partial charge is 0.351 e. The minimum Gasteiger partial charge on any atom is -0.351 e. The fourth-order valence-electron chi connectivity index (χ4n) is 1.73. The van der Waals surface area contributed by atoms with E-state index in [1.54, 1.807) is 4.90 Å². The average Bonchev–Trinajstić information content (AvgIpc) is 2.30. The Bertz CT molecular complexity index is 172. The van der Waals surface area contributed by atoms with E-state index in [9.17, 15) is 4.79 Å². The van der Waals surface area contributed by atoms with Crippen molar-refractivity contribution in [3.63, 3.8) is 0 Å². The molecular formula is C9H19N3O. The van der Waals surface area contributed by atoms with Crippen LogP contribution in [0, 0.1) is 0 Å². The number of hydrogen-bond acceptors (Lipinski definition) is 2. The number of hydrogen-bond donors (Lipinski definition) is 1. The van der Waals surface area contributed by atoms with Crippen molar-refractivity contribution in [3.05, 3.63) is 0 Å². The summed E-state index contributed by atoms with van der Waals surface area (Å²) >= 11 is 0. The molecule has 0 aromatic carbocycles. The molecule has 1 rings (SSSR count). The van der Waals surface area contributed by atoms with Gasteiger partial charge in [0.2, 0.25) is 0 Å². The van der Waals surface area contributed by atoms with Crippen LogP contribution in [0.4, 0.5) is 4.79 Å². The van der Waals surface area contributed by atoms with Crippen molar-refractivity contribution in [3.8, 4) is 0 Å². The van der Waals surface area contributed by atoms with E-state index < -0.39 is 0 Å². The van der Waals surface area contributed by atoms with Gasteiger partial charge in [-0.1, -0.05) is 6.92 Å². The summed E-state index contributed by atoms with van der Waals surface area (Å²) in [6.07, 6.45) is 2.22. The third kappa shape index (κ3) is 3.22. The molecule has 2 N–H and O–H groups in total. The molecular weight excluding hydrogens is 166 g/mol. The zero-order chi connectivity index (χ0) is 9.68. The average molecular weight is 185 g/mol. The van der Waals surface area contributed by atoms with Gasteiger partial charge in [-0.2, -0.15) is 0 Å². The first-order chi connectivity index (χ1) is 6.24. The second-order valence-corrected chi connectivity index (χ2v) is 3.52. The van der Waals surface area contributed by atoms with Crippen LogP contribution >= 0.6 is 0 Å². The number of amides is 2. The molecule has 1 heterocycles. The lowest BCUT2D eigenvalue weighted by Crippen LogP contribution is -2.38. The minimum atomic E-state index is -0.279. The highest BCUT2D eigenvalue weighted by atomic mass is 16.2. The number of primary amides is 1. The summed E-state index contributed by atoms with van der Waals surface area (Å²) in [5.41, 5.74) is 5.22. The van der Waals surface area contributed by atoms with E-state index in [1.807, 2.05) is 0 Å². The number of carbonyl (C=O) groups excluding carboxylic acids is 1. The van der Waals surface area contributed by atoms with Crippen molar-refractivity contribution in [1.29, 1.82) is 0 Å². The molecule has 13 heavy (non-hydrogen) atoms. The lowest BCUT2D eigenvalue weighted by atomic mass is 10.3. The van der Waals surface area contributed by atoms with Crippen molar-refractivity contribution in [1.82, 2.24) is 9.80 Å². The molecule has 0 aromatic rings. The molecule has 1 aliphatic heterocycles. The lowest BCUT2D eigenvalue weighted by molar-refractivity contribution is 0.207. The molecule has 4 heteroatoms. The maximum atomic E-state index is 10.9. The van der Waals surface area contributed by atoms with Crippen LogP contribution in [0.3, 0.4) is 0 Å². The molecule has 76 valence electrons. The Kier molecular flexibility index (Phi) is 4.02. The van der Waals surface area contributed by atoms with Crippen molar-refractivity contribution in [2.45, 2.75) is 19.8 Å². The summed E-state index contributed by atoms with van der Waals surface area (Å²) in [4.78, 5) is 15.0. The van der Waals surface area contributed by atoms with E-state index in [0.29, 0.717) is 0 Å². The van der Waals surface area contributed by atoms with E-state index in [-0.39, 0.29) is 6.03 Å². The lowest BCUT2D eigenvalue weighted by Gasteiger charge is -2.19. The molecule has 0 radical (unpaired) electrons. The predicted octanol–water partition coefficient (Wildman–Crippen LogP) is 0.483. The summed E-state index contributed by atoms with van der Waals surface area (Å²) in [5, 5.41) is 0. The third-order valence-electron chi connectivity index (χ3n) is 2.44. The molecule has 0 aromatic heterocycles. The molecule has 1 fully saturated rings. The standard InChI is InChI=1S/C9H19N3O/c1-2-4-11-5-3-6-12(8-7-11)9(10)13/h2-8H2,1H3,(H2,10,13). The number of urea groups is 1. The normalized spacial score (nSPS) is 19.9. The molecule has 0 saturated carbocycles. The summed E-state index contributed by atoms with van der Waals surface area (Å²) in [5.74, 6) is 0. The van der Waals surface area contributed by atoms with Crippen LogP contribution in [-0.2, 0) is 0 Å². The van der Waals surface area contributed by atoms with E-state index in [4.69, 9.17) is 5.73 Å². The first-order valence-corrected chi connectivity index (χ1v) is 5.00. The Morgan fingerprint density at radius 2 is 2.08 bits per heavy atom. The predicted molar refractivity (Wildman–Crippen MR) is 52.5 cm³/mol. The van der Waals surface area contributed by atoms with E-state index >= 15 is 0 Å². The molecule has 0 unspecified atom stereocenters. The number of carbonyl (C=O) groups is 1. The van der Waals surface area contributed by atoms with Gasteiger partial charge in [0.05, 0.1) is 0 Å². The van der Waals surface area contributed by atoms with Gasteiger partial charge in [-0.25, -0.2) is 4.79 Å². The Balaban J connectivity index is 2.35. The van der Waals surface area contributed by atoms with Crippen LogP contribution < -0.4 is 5.73 Å². The van der Waals surface area contributed by atoms with Crippen LogP contribution in [0.15, 0.2) is 0 Å². The van der Waals surface area contributed by atoms with Gasteiger partial charge in [-0.3, -0.25) is 0 Å². The molecule has 1 saturated heterocycles. The van der Waals surface area contributed by atoms with Gasteiger partial charge in [0.1, 0.15) is 0 Å². The minimum absolute atomic E-state index is 0.279. The van der Waals surface area contributed by atoms with Crippen LogP contribution in [0.1, 0.15) is 19.8 Å². The van der Waals surface area contributed by atoms with Gasteiger partial charge < -0.3 is 15.5 Å². The first-order valence-electron chi connectivity index (χ1n) is 5.00. The van der Waals surface area contributed by atoms with Crippen molar-refractivity contribution in [2.24, 2.45) is 5.73 Å². The number of nitrogens with zero attached hydrogens (tertiary/aromatic N) is 2. The zero-order valence-corrected chi connectivity index (χ0v) is 8.33. The zero-order valence-electron chi connectivity index (χ0n) is 8.33. The van der Waals surface area contributed by atoms with E-state index in [0.717, 1.165) is 39.1 Å². The van der Waals surface area contributed by atoms with Crippen molar-refractivity contribution in [2.75, 3.05) is 32.7 Å². The molecule has 0 spiro atoms. The fraction of sp³-hybridized carbons (Fsp3) is 0.889. The Hall–Kier alpha value is -0.770. The second kappa shape index (κ2) is 5.07. The highest BCUT2D eigenvalue weighted by Crippen LogP contribution is 2.02. The van der Waals surface area contributed by atoms with Gasteiger partial charge in [0, 0.05) is 19.6 Å². The van der Waals surface area contributed by atoms with E-state index in [2.05, 4.69) is 11.8 Å². The molecule has 0 atom stereocenters. The van der Waals surface area contributed by atoms with Crippen LogP contribution in [-0.4, -0.2) is 48.6 Å². The van der Waals surface area contributed by atoms with Crippen molar-refractivity contribution >= 4 is 6.03 Å². The van der Waals surface area contributed by atoms with Crippen molar-refractivity contribution < 1.29 is 4.79 Å². The Morgan fingerprint density at radius 1 is 1.31 bits per heavy atom. The van der Waals surface area contributed by atoms with Gasteiger partial charge in [-0.05, 0) is 25.9 Å². The summed E-state index contributed by atoms with van der Waals surface area (Å²) < 4.78 is 0. The monoisotopic (exact) mass is 185 g/mol. The fourth-order valence-corrected chi connectivity index (χ4v) is 1.73. The summed E-state index contributed by atoms with van der Waals surface area (Å²) in [6, 6.07) is -0.279. The SMILES string of the molecule is CCCN1CCCN(C(N)=O)CC1. The molecule has 0 bridgehead atoms. The third-order valence-corrected chi connectivity index (χ3v) is 2.44. The molecule has 4 nitrogen and oxygen atoms in total. The smallest absolute Gasteiger partial charge is 0.314 e. The van der Waals surface area contributed by atoms with Gasteiger partial charge in [-0.15, -0.1) is 0 Å². The Labute approximate surface area is 79.7 Å². The van der Waals surface area contributed by atoms with E-state index in [1.165, 1.54) is 6.42 Å². The van der Waals surface area contributed by atoms with Crippen LogP contribution in [0.5, 0.6) is 0 Å². The van der Waals surface area contributed by atoms with Gasteiger partial charge >= 0.3 is 6.03 Å². The highest BCUT2D eigenvalue weighted by molar-refractivity contribution is 5.71. The molecule has 0 aliphatic carbocycles. The molecule has 2 amide bonds. The topological polar surface area (TPSA) is 49.6 Å². The van der Waals surface area contributed by atoms with Gasteiger partial charge in [0.15, 0.2) is 0 Å². The summed E-state index contributed by atoms with van der Waals surface area (Å²) in [7, 11) is 0.